The van der Waals surface area contributed by atoms with Crippen molar-refractivity contribution >= 4 is 56.1 Å². The van der Waals surface area contributed by atoms with Gasteiger partial charge in [-0.25, -0.2) is 9.78 Å². The maximum absolute atomic E-state index is 12.7. The van der Waals surface area contributed by atoms with E-state index in [1.807, 2.05) is 6.92 Å². The number of aryl methyl sites for hydroxylation is 2. The fourth-order valence-corrected chi connectivity index (χ4v) is 6.86. The second kappa shape index (κ2) is 9.10. The summed E-state index contributed by atoms with van der Waals surface area (Å²) in [7, 11) is 0. The van der Waals surface area contributed by atoms with Crippen molar-refractivity contribution in [2.45, 2.75) is 65.2 Å². The molecule has 156 valence electrons. The molecule has 2 aliphatic rings. The highest BCUT2D eigenvalue weighted by Crippen LogP contribution is 2.38. The summed E-state index contributed by atoms with van der Waals surface area (Å²) >= 11 is 8.89. The van der Waals surface area contributed by atoms with Crippen LogP contribution in [-0.4, -0.2) is 22.7 Å². The Kier molecular flexibility index (Phi) is 6.51. The summed E-state index contributed by atoms with van der Waals surface area (Å²) in [5, 5.41) is 8.61. The molecule has 29 heavy (non-hydrogen) atoms. The third kappa shape index (κ3) is 4.64. The van der Waals surface area contributed by atoms with Gasteiger partial charge in [-0.3, -0.25) is 0 Å². The molecule has 0 aliphatic heterocycles. The van der Waals surface area contributed by atoms with Gasteiger partial charge in [0.2, 0.25) is 0 Å². The van der Waals surface area contributed by atoms with Crippen LogP contribution in [0.5, 0.6) is 0 Å². The van der Waals surface area contributed by atoms with E-state index >= 15 is 0 Å². The normalized spacial score (nSPS) is 18.3. The Hall–Kier alpha value is -1.51. The zero-order valence-electron chi connectivity index (χ0n) is 16.9. The molecule has 0 saturated carbocycles. The second-order valence-corrected chi connectivity index (χ2v) is 10.4. The average Bonchev–Trinajstić information content (AvgIpc) is 3.13. The van der Waals surface area contributed by atoms with E-state index < -0.39 is 0 Å². The molecular formula is C21H27N3O2S3. The Morgan fingerprint density at radius 3 is 2.83 bits per heavy atom. The van der Waals surface area contributed by atoms with Crippen molar-refractivity contribution in [3.8, 4) is 0 Å². The van der Waals surface area contributed by atoms with E-state index in [0.29, 0.717) is 17.3 Å². The summed E-state index contributed by atoms with van der Waals surface area (Å²) < 4.78 is 5.35. The van der Waals surface area contributed by atoms with Gasteiger partial charge in [-0.15, -0.1) is 22.7 Å². The molecule has 0 bridgehead atoms. The van der Waals surface area contributed by atoms with Gasteiger partial charge in [0.05, 0.1) is 17.9 Å². The third-order valence-corrected chi connectivity index (χ3v) is 7.98. The Bertz CT molecular complexity index is 919. The number of fused-ring (bicyclic) bond motifs is 2. The maximum atomic E-state index is 12.7. The second-order valence-electron chi connectivity index (χ2n) is 7.81. The standard InChI is InChI=1S/C21H27N3O2S3/c1-3-26-19(25)17-13-7-5-4-6-8-15(13)28-18(17)23-20(27)24-21-22-14-10-9-12(2)11-16(14)29-21/h12H,3-11H2,1-2H3,(H2,22,23,24,27). The Labute approximate surface area is 185 Å². The SMILES string of the molecule is CCOC(=O)c1c(NC(=S)Nc2nc3c(s2)CC(C)CC3)sc2c1CCCCC2. The number of rotatable bonds is 4. The van der Waals surface area contributed by atoms with Gasteiger partial charge < -0.3 is 15.4 Å². The lowest BCUT2D eigenvalue weighted by molar-refractivity contribution is 0.0527. The van der Waals surface area contributed by atoms with E-state index in [-0.39, 0.29) is 5.97 Å². The van der Waals surface area contributed by atoms with Gasteiger partial charge in [-0.05, 0) is 75.6 Å². The molecule has 2 heterocycles. The minimum absolute atomic E-state index is 0.254. The van der Waals surface area contributed by atoms with Gasteiger partial charge in [-0.2, -0.15) is 0 Å². The van der Waals surface area contributed by atoms with Crippen molar-refractivity contribution in [2.24, 2.45) is 5.92 Å². The van der Waals surface area contributed by atoms with E-state index in [4.69, 9.17) is 21.9 Å². The number of nitrogens with zero attached hydrogens (tertiary/aromatic N) is 1. The minimum Gasteiger partial charge on any atom is -0.462 e. The number of thiophene rings is 1. The van der Waals surface area contributed by atoms with Crippen LogP contribution in [-0.2, 0) is 30.4 Å². The topological polar surface area (TPSA) is 63.2 Å². The molecule has 1 unspecified atom stereocenters. The summed E-state index contributed by atoms with van der Waals surface area (Å²) in [6.07, 6.45) is 8.77. The molecule has 2 aromatic heterocycles. The molecule has 4 rings (SSSR count). The number of hydrogen-bond donors (Lipinski definition) is 2. The monoisotopic (exact) mass is 449 g/mol. The first-order valence-electron chi connectivity index (χ1n) is 10.4. The van der Waals surface area contributed by atoms with Crippen molar-refractivity contribution in [2.75, 3.05) is 17.2 Å². The van der Waals surface area contributed by atoms with Gasteiger partial charge in [0, 0.05) is 9.75 Å². The first kappa shape index (κ1) is 20.8. The van der Waals surface area contributed by atoms with Gasteiger partial charge >= 0.3 is 5.97 Å². The quantitative estimate of drug-likeness (QED) is 0.361. The van der Waals surface area contributed by atoms with E-state index in [0.717, 1.165) is 53.7 Å². The molecule has 0 amide bonds. The molecule has 2 aliphatic carbocycles. The number of anilines is 2. The predicted molar refractivity (Wildman–Crippen MR) is 125 cm³/mol. The molecule has 0 fully saturated rings. The Balaban J connectivity index is 1.52. The first-order valence-corrected chi connectivity index (χ1v) is 12.5. The maximum Gasteiger partial charge on any atom is 0.341 e. The number of esters is 1. The summed E-state index contributed by atoms with van der Waals surface area (Å²) in [6, 6.07) is 0. The summed E-state index contributed by atoms with van der Waals surface area (Å²) in [5.74, 6) is 0.463. The van der Waals surface area contributed by atoms with Crippen molar-refractivity contribution in [3.63, 3.8) is 0 Å². The van der Waals surface area contributed by atoms with Crippen molar-refractivity contribution in [1.29, 1.82) is 0 Å². The van der Waals surface area contributed by atoms with E-state index in [1.165, 1.54) is 34.7 Å². The molecule has 0 aromatic carbocycles. The van der Waals surface area contributed by atoms with Crippen LogP contribution in [0.1, 0.15) is 70.9 Å². The number of thiocarbonyl (C=S) groups is 1. The molecular weight excluding hydrogens is 422 g/mol. The van der Waals surface area contributed by atoms with Crippen molar-refractivity contribution < 1.29 is 9.53 Å². The first-order chi connectivity index (χ1) is 14.0. The van der Waals surface area contributed by atoms with Crippen LogP contribution in [0.2, 0.25) is 0 Å². The number of ether oxygens (including phenoxy) is 1. The fourth-order valence-electron chi connectivity index (χ4n) is 4.07. The lowest BCUT2D eigenvalue weighted by Crippen LogP contribution is -2.20. The van der Waals surface area contributed by atoms with Crippen LogP contribution in [0.3, 0.4) is 0 Å². The third-order valence-electron chi connectivity index (χ3n) is 5.53. The molecule has 2 aromatic rings. The highest BCUT2D eigenvalue weighted by atomic mass is 32.1. The van der Waals surface area contributed by atoms with Crippen LogP contribution in [0.25, 0.3) is 0 Å². The molecule has 0 spiro atoms. The lowest BCUT2D eigenvalue weighted by atomic mass is 9.93. The molecule has 2 N–H and O–H groups in total. The smallest absolute Gasteiger partial charge is 0.341 e. The fraction of sp³-hybridized carbons (Fsp3) is 0.571. The molecule has 1 atom stereocenters. The Morgan fingerprint density at radius 1 is 1.17 bits per heavy atom. The average molecular weight is 450 g/mol. The summed E-state index contributed by atoms with van der Waals surface area (Å²) in [6.45, 7) is 4.50. The van der Waals surface area contributed by atoms with Crippen LogP contribution in [0.4, 0.5) is 10.1 Å². The Morgan fingerprint density at radius 2 is 2.00 bits per heavy atom. The largest absolute Gasteiger partial charge is 0.462 e. The summed E-state index contributed by atoms with van der Waals surface area (Å²) in [5.41, 5.74) is 3.02. The molecule has 5 nitrogen and oxygen atoms in total. The van der Waals surface area contributed by atoms with Gasteiger partial charge in [0.15, 0.2) is 10.2 Å². The van der Waals surface area contributed by atoms with Crippen LogP contribution >= 0.6 is 34.9 Å². The lowest BCUT2D eigenvalue weighted by Gasteiger charge is -2.15. The van der Waals surface area contributed by atoms with Crippen molar-refractivity contribution in [1.82, 2.24) is 4.98 Å². The summed E-state index contributed by atoms with van der Waals surface area (Å²) in [4.78, 5) is 20.1. The van der Waals surface area contributed by atoms with Gasteiger partial charge in [0.25, 0.3) is 0 Å². The molecule has 0 saturated heterocycles. The van der Waals surface area contributed by atoms with Crippen molar-refractivity contribution in [3.05, 3.63) is 26.6 Å². The zero-order valence-corrected chi connectivity index (χ0v) is 19.4. The highest BCUT2D eigenvalue weighted by Gasteiger charge is 2.26. The highest BCUT2D eigenvalue weighted by molar-refractivity contribution is 7.80. The predicted octanol–water partition coefficient (Wildman–Crippen LogP) is 5.58. The molecule has 0 radical (unpaired) electrons. The number of carbonyl (C=O) groups excluding carboxylic acids is 1. The number of hydrogen-bond acceptors (Lipinski definition) is 6. The van der Waals surface area contributed by atoms with Gasteiger partial charge in [-0.1, -0.05) is 13.3 Å². The molecule has 8 heteroatoms. The zero-order chi connectivity index (χ0) is 20.4. The minimum atomic E-state index is -0.254. The van der Waals surface area contributed by atoms with Crippen LogP contribution in [0, 0.1) is 5.92 Å². The number of carbonyl (C=O) groups is 1. The van der Waals surface area contributed by atoms with E-state index in [9.17, 15) is 4.79 Å². The number of thiazole rings is 1. The van der Waals surface area contributed by atoms with E-state index in [2.05, 4.69) is 17.6 Å². The van der Waals surface area contributed by atoms with Gasteiger partial charge in [0.1, 0.15) is 5.00 Å². The van der Waals surface area contributed by atoms with Crippen LogP contribution < -0.4 is 10.6 Å². The number of nitrogens with one attached hydrogen (secondary N) is 2. The van der Waals surface area contributed by atoms with E-state index in [1.54, 1.807) is 22.7 Å². The number of aromatic nitrogens is 1. The van der Waals surface area contributed by atoms with Crippen LogP contribution in [0.15, 0.2) is 0 Å².